The standard InChI is InChI=1S/C25H31N3O3S/c1-25(2,3)31-24(30)28-12-6-8-17(16-28)23(29)27-15-20(22-11-7-13-32-22)19-14-26-21-10-5-4-9-18(19)21/h4-5,7,9-11,13-14,17,20,26H,6,8,12,15-16H2,1-3H3,(H,27,29). The third-order valence-electron chi connectivity index (χ3n) is 5.81. The van der Waals surface area contributed by atoms with Crippen LogP contribution in [0.1, 0.15) is 50.0 Å². The summed E-state index contributed by atoms with van der Waals surface area (Å²) >= 11 is 1.70. The van der Waals surface area contributed by atoms with Gasteiger partial charge in [0, 0.05) is 47.5 Å². The quantitative estimate of drug-likeness (QED) is 0.563. The Labute approximate surface area is 193 Å². The number of ether oxygens (including phenoxy) is 1. The molecule has 0 radical (unpaired) electrons. The van der Waals surface area contributed by atoms with Crippen molar-refractivity contribution >= 4 is 34.2 Å². The molecule has 32 heavy (non-hydrogen) atoms. The number of nitrogens with zero attached hydrogens (tertiary/aromatic N) is 1. The second-order valence-corrected chi connectivity index (χ2v) is 10.3. The minimum atomic E-state index is -0.542. The van der Waals surface area contributed by atoms with E-state index in [4.69, 9.17) is 4.74 Å². The van der Waals surface area contributed by atoms with E-state index in [1.54, 1.807) is 16.2 Å². The molecule has 0 bridgehead atoms. The van der Waals surface area contributed by atoms with Gasteiger partial charge in [-0.25, -0.2) is 4.79 Å². The van der Waals surface area contributed by atoms with Crippen molar-refractivity contribution in [3.8, 4) is 0 Å². The lowest BCUT2D eigenvalue weighted by molar-refractivity contribution is -0.126. The summed E-state index contributed by atoms with van der Waals surface area (Å²) in [5.74, 6) is -0.150. The summed E-state index contributed by atoms with van der Waals surface area (Å²) in [6.45, 7) is 7.12. The summed E-state index contributed by atoms with van der Waals surface area (Å²) in [5.41, 5.74) is 1.73. The number of para-hydroxylation sites is 1. The predicted octanol–water partition coefficient (Wildman–Crippen LogP) is 5.12. The molecule has 6 nitrogen and oxygen atoms in total. The number of likely N-dealkylation sites (tertiary alicyclic amines) is 1. The third-order valence-corrected chi connectivity index (χ3v) is 6.79. The van der Waals surface area contributed by atoms with E-state index in [0.717, 1.165) is 18.4 Å². The Hall–Kier alpha value is -2.80. The number of aromatic amines is 1. The summed E-state index contributed by atoms with van der Waals surface area (Å²) in [5, 5.41) is 6.42. The van der Waals surface area contributed by atoms with E-state index < -0.39 is 5.60 Å². The van der Waals surface area contributed by atoms with Crippen LogP contribution in [0.15, 0.2) is 48.0 Å². The summed E-state index contributed by atoms with van der Waals surface area (Å²) in [6.07, 6.45) is 3.28. The largest absolute Gasteiger partial charge is 0.444 e. The zero-order chi connectivity index (χ0) is 22.7. The molecule has 0 aliphatic carbocycles. The molecule has 0 saturated carbocycles. The lowest BCUT2D eigenvalue weighted by Crippen LogP contribution is -2.47. The smallest absolute Gasteiger partial charge is 0.410 e. The van der Waals surface area contributed by atoms with E-state index >= 15 is 0 Å². The molecule has 2 atom stereocenters. The molecule has 1 aliphatic heterocycles. The van der Waals surface area contributed by atoms with Crippen molar-refractivity contribution < 1.29 is 14.3 Å². The molecule has 1 aromatic carbocycles. The molecule has 170 valence electrons. The molecule has 1 fully saturated rings. The first-order chi connectivity index (χ1) is 15.3. The highest BCUT2D eigenvalue weighted by Gasteiger charge is 2.31. The zero-order valence-electron chi connectivity index (χ0n) is 18.9. The summed E-state index contributed by atoms with van der Waals surface area (Å²) in [4.78, 5) is 31.7. The number of nitrogens with one attached hydrogen (secondary N) is 2. The third kappa shape index (κ3) is 5.15. The number of benzene rings is 1. The van der Waals surface area contributed by atoms with Crippen LogP contribution in [-0.4, -0.2) is 47.1 Å². The number of H-pyrrole nitrogens is 1. The van der Waals surface area contributed by atoms with Gasteiger partial charge in [0.1, 0.15) is 5.60 Å². The minimum absolute atomic E-state index is 0.000318. The Morgan fingerprint density at radius 3 is 2.81 bits per heavy atom. The van der Waals surface area contributed by atoms with Crippen LogP contribution in [0.4, 0.5) is 4.79 Å². The monoisotopic (exact) mass is 453 g/mol. The van der Waals surface area contributed by atoms with Gasteiger partial charge in [-0.1, -0.05) is 24.3 Å². The Morgan fingerprint density at radius 2 is 2.06 bits per heavy atom. The molecule has 2 aromatic heterocycles. The van der Waals surface area contributed by atoms with Gasteiger partial charge in [-0.05, 0) is 56.7 Å². The Morgan fingerprint density at radius 1 is 1.25 bits per heavy atom. The van der Waals surface area contributed by atoms with Gasteiger partial charge in [-0.3, -0.25) is 4.79 Å². The first-order valence-corrected chi connectivity index (χ1v) is 12.0. The van der Waals surface area contributed by atoms with Crippen molar-refractivity contribution in [2.75, 3.05) is 19.6 Å². The van der Waals surface area contributed by atoms with Crippen molar-refractivity contribution in [3.63, 3.8) is 0 Å². The molecular weight excluding hydrogens is 422 g/mol. The Kier molecular flexibility index (Phi) is 6.55. The molecule has 3 heterocycles. The van der Waals surface area contributed by atoms with E-state index in [-0.39, 0.29) is 23.8 Å². The molecule has 4 rings (SSSR count). The Balaban J connectivity index is 1.44. The van der Waals surface area contributed by atoms with Crippen LogP contribution in [0.5, 0.6) is 0 Å². The van der Waals surface area contributed by atoms with E-state index in [1.807, 2.05) is 45.2 Å². The molecule has 1 aliphatic rings. The topological polar surface area (TPSA) is 74.4 Å². The van der Waals surface area contributed by atoms with Crippen LogP contribution in [0, 0.1) is 5.92 Å². The fourth-order valence-electron chi connectivity index (χ4n) is 4.27. The first kappa shape index (κ1) is 22.4. The number of carbonyl (C=O) groups is 2. The van der Waals surface area contributed by atoms with E-state index in [9.17, 15) is 9.59 Å². The highest BCUT2D eigenvalue weighted by molar-refractivity contribution is 7.10. The van der Waals surface area contributed by atoms with Crippen LogP contribution < -0.4 is 5.32 Å². The summed E-state index contributed by atoms with van der Waals surface area (Å²) < 4.78 is 5.50. The van der Waals surface area contributed by atoms with Gasteiger partial charge in [0.25, 0.3) is 0 Å². The van der Waals surface area contributed by atoms with Gasteiger partial charge < -0.3 is 19.9 Å². The van der Waals surface area contributed by atoms with Crippen molar-refractivity contribution in [3.05, 3.63) is 58.4 Å². The van der Waals surface area contributed by atoms with Crippen LogP contribution in [0.2, 0.25) is 0 Å². The van der Waals surface area contributed by atoms with Crippen LogP contribution >= 0.6 is 11.3 Å². The number of rotatable bonds is 5. The lowest BCUT2D eigenvalue weighted by Gasteiger charge is -2.33. The Bertz CT molecular complexity index is 1070. The van der Waals surface area contributed by atoms with E-state index in [0.29, 0.717) is 19.6 Å². The average molecular weight is 454 g/mol. The molecule has 1 saturated heterocycles. The van der Waals surface area contributed by atoms with Crippen molar-refractivity contribution in [2.24, 2.45) is 5.92 Å². The molecule has 2 amide bonds. The second-order valence-electron chi connectivity index (χ2n) is 9.37. The number of piperidine rings is 1. The van der Waals surface area contributed by atoms with Crippen LogP contribution in [0.25, 0.3) is 10.9 Å². The molecule has 7 heteroatoms. The highest BCUT2D eigenvalue weighted by Crippen LogP contribution is 2.33. The lowest BCUT2D eigenvalue weighted by atomic mass is 9.95. The number of thiophene rings is 1. The molecule has 3 aromatic rings. The van der Waals surface area contributed by atoms with Crippen molar-refractivity contribution in [1.29, 1.82) is 0 Å². The maximum absolute atomic E-state index is 13.1. The zero-order valence-corrected chi connectivity index (χ0v) is 19.7. The normalized spacial score (nSPS) is 17.8. The SMILES string of the molecule is CC(C)(C)OC(=O)N1CCCC(C(=O)NCC(c2cccs2)c2c[nH]c3ccccc23)C1. The predicted molar refractivity (Wildman–Crippen MR) is 128 cm³/mol. The summed E-state index contributed by atoms with van der Waals surface area (Å²) in [7, 11) is 0. The van der Waals surface area contributed by atoms with E-state index in [1.165, 1.54) is 15.8 Å². The molecule has 0 spiro atoms. The van der Waals surface area contributed by atoms with Gasteiger partial charge in [0.2, 0.25) is 5.91 Å². The van der Waals surface area contributed by atoms with Gasteiger partial charge in [-0.2, -0.15) is 0 Å². The van der Waals surface area contributed by atoms with Crippen LogP contribution in [0.3, 0.4) is 0 Å². The number of aromatic nitrogens is 1. The fourth-order valence-corrected chi connectivity index (χ4v) is 5.11. The maximum atomic E-state index is 13.1. The number of hydrogen-bond donors (Lipinski definition) is 2. The van der Waals surface area contributed by atoms with Gasteiger partial charge in [0.05, 0.1) is 5.92 Å². The second kappa shape index (κ2) is 9.36. The number of fused-ring (bicyclic) bond motifs is 1. The van der Waals surface area contributed by atoms with Crippen molar-refractivity contribution in [2.45, 2.75) is 45.1 Å². The number of hydrogen-bond acceptors (Lipinski definition) is 4. The summed E-state index contributed by atoms with van der Waals surface area (Å²) in [6, 6.07) is 12.4. The fraction of sp³-hybridized carbons (Fsp3) is 0.440. The molecular formula is C25H31N3O3S. The minimum Gasteiger partial charge on any atom is -0.444 e. The van der Waals surface area contributed by atoms with Gasteiger partial charge in [0.15, 0.2) is 0 Å². The molecule has 2 N–H and O–H groups in total. The van der Waals surface area contributed by atoms with Crippen LogP contribution in [-0.2, 0) is 9.53 Å². The van der Waals surface area contributed by atoms with Gasteiger partial charge >= 0.3 is 6.09 Å². The van der Waals surface area contributed by atoms with Gasteiger partial charge in [-0.15, -0.1) is 11.3 Å². The maximum Gasteiger partial charge on any atom is 0.410 e. The van der Waals surface area contributed by atoms with Crippen molar-refractivity contribution in [1.82, 2.24) is 15.2 Å². The average Bonchev–Trinajstić information content (AvgIpc) is 3.44. The first-order valence-electron chi connectivity index (χ1n) is 11.2. The number of amides is 2. The van der Waals surface area contributed by atoms with E-state index in [2.05, 4.69) is 33.9 Å². The highest BCUT2D eigenvalue weighted by atomic mass is 32.1. The number of carbonyl (C=O) groups excluding carboxylic acids is 2. The molecule has 2 unspecified atom stereocenters.